The molecule has 0 spiro atoms. The van der Waals surface area contributed by atoms with Crippen molar-refractivity contribution in [3.05, 3.63) is 29.3 Å². The number of hydrogen-bond acceptors (Lipinski definition) is 2. The molecule has 0 unspecified atom stereocenters. The van der Waals surface area contributed by atoms with Crippen LogP contribution >= 0.6 is 12.4 Å². The van der Waals surface area contributed by atoms with Gasteiger partial charge >= 0.3 is 0 Å². The van der Waals surface area contributed by atoms with Crippen LogP contribution in [0, 0.1) is 12.3 Å². The molecule has 1 aromatic carbocycles. The van der Waals surface area contributed by atoms with Gasteiger partial charge in [-0.05, 0) is 49.4 Å². The Labute approximate surface area is 128 Å². The van der Waals surface area contributed by atoms with E-state index in [0.29, 0.717) is 6.54 Å². The first kappa shape index (κ1) is 18.9. The van der Waals surface area contributed by atoms with Gasteiger partial charge in [0.25, 0.3) is 0 Å². The molecule has 3 N–H and O–H groups in total. The van der Waals surface area contributed by atoms with Crippen LogP contribution in [0.15, 0.2) is 18.2 Å². The summed E-state index contributed by atoms with van der Waals surface area (Å²) in [6.45, 7) is 8.63. The minimum absolute atomic E-state index is 0. The highest BCUT2D eigenvalue weighted by Gasteiger charge is 2.33. The van der Waals surface area contributed by atoms with E-state index < -0.39 is 5.41 Å². The van der Waals surface area contributed by atoms with Gasteiger partial charge in [0.1, 0.15) is 0 Å². The Morgan fingerprint density at radius 1 is 1.25 bits per heavy atom. The fourth-order valence-electron chi connectivity index (χ4n) is 2.35. The number of amides is 1. The zero-order chi connectivity index (χ0) is 14.5. The van der Waals surface area contributed by atoms with Gasteiger partial charge < -0.3 is 11.1 Å². The smallest absolute Gasteiger partial charge is 0.231 e. The first-order chi connectivity index (χ1) is 9.02. The summed E-state index contributed by atoms with van der Waals surface area (Å²) >= 11 is 0. The van der Waals surface area contributed by atoms with Crippen molar-refractivity contribution in [1.29, 1.82) is 0 Å². The molecule has 0 heterocycles. The number of nitrogens with one attached hydrogen (secondary N) is 1. The standard InChI is InChI=1S/C16H26N2O.ClH/c1-5-13-10-14(9-8-12(13)4)18-15(19)16(6-2,7-3)11-17;/h8-10H,5-7,11,17H2,1-4H3,(H,18,19);1H. The van der Waals surface area contributed by atoms with Gasteiger partial charge in [-0.15, -0.1) is 12.4 Å². The van der Waals surface area contributed by atoms with E-state index >= 15 is 0 Å². The van der Waals surface area contributed by atoms with Crippen LogP contribution in [0.1, 0.15) is 44.7 Å². The number of hydrogen-bond donors (Lipinski definition) is 2. The molecule has 0 saturated carbocycles. The molecular weight excluding hydrogens is 272 g/mol. The van der Waals surface area contributed by atoms with Gasteiger partial charge in [-0.2, -0.15) is 0 Å². The van der Waals surface area contributed by atoms with Crippen LogP contribution in [-0.2, 0) is 11.2 Å². The average molecular weight is 299 g/mol. The summed E-state index contributed by atoms with van der Waals surface area (Å²) in [5.41, 5.74) is 8.75. The van der Waals surface area contributed by atoms with E-state index in [4.69, 9.17) is 5.73 Å². The summed E-state index contributed by atoms with van der Waals surface area (Å²) in [4.78, 5) is 12.4. The molecule has 1 aromatic rings. The molecule has 3 nitrogen and oxygen atoms in total. The van der Waals surface area contributed by atoms with Gasteiger partial charge in [0.15, 0.2) is 0 Å². The second kappa shape index (κ2) is 8.28. The quantitative estimate of drug-likeness (QED) is 0.841. The topological polar surface area (TPSA) is 55.1 Å². The highest BCUT2D eigenvalue weighted by atomic mass is 35.5. The lowest BCUT2D eigenvalue weighted by molar-refractivity contribution is -0.125. The molecule has 20 heavy (non-hydrogen) atoms. The molecule has 1 amide bonds. The predicted molar refractivity (Wildman–Crippen MR) is 88.5 cm³/mol. The molecule has 0 radical (unpaired) electrons. The van der Waals surface area contributed by atoms with Crippen LogP contribution in [0.2, 0.25) is 0 Å². The van der Waals surface area contributed by atoms with Crippen LogP contribution in [0.5, 0.6) is 0 Å². The monoisotopic (exact) mass is 298 g/mol. The zero-order valence-corrected chi connectivity index (χ0v) is 13.8. The van der Waals surface area contributed by atoms with Crippen molar-refractivity contribution in [1.82, 2.24) is 0 Å². The van der Waals surface area contributed by atoms with Crippen LogP contribution < -0.4 is 11.1 Å². The van der Waals surface area contributed by atoms with Gasteiger partial charge in [0, 0.05) is 12.2 Å². The van der Waals surface area contributed by atoms with Crippen molar-refractivity contribution >= 4 is 24.0 Å². The third-order valence-electron chi connectivity index (χ3n) is 4.21. The molecule has 0 bridgehead atoms. The molecule has 0 fully saturated rings. The van der Waals surface area contributed by atoms with Crippen molar-refractivity contribution in [2.45, 2.75) is 47.0 Å². The van der Waals surface area contributed by atoms with Crippen molar-refractivity contribution < 1.29 is 4.79 Å². The number of rotatable bonds is 6. The second-order valence-electron chi connectivity index (χ2n) is 5.14. The van der Waals surface area contributed by atoms with Gasteiger partial charge in [-0.3, -0.25) is 4.79 Å². The van der Waals surface area contributed by atoms with E-state index in [1.165, 1.54) is 11.1 Å². The molecule has 4 heteroatoms. The fraction of sp³-hybridized carbons (Fsp3) is 0.562. The Morgan fingerprint density at radius 3 is 2.30 bits per heavy atom. The Kier molecular flexibility index (Phi) is 7.84. The molecular formula is C16H27ClN2O. The van der Waals surface area contributed by atoms with E-state index in [2.05, 4.69) is 31.3 Å². The van der Waals surface area contributed by atoms with Crippen molar-refractivity contribution in [2.24, 2.45) is 11.1 Å². The Balaban J connectivity index is 0.00000361. The number of carbonyl (C=O) groups excluding carboxylic acids is 1. The minimum Gasteiger partial charge on any atom is -0.329 e. The Bertz CT molecular complexity index is 434. The summed E-state index contributed by atoms with van der Waals surface area (Å²) < 4.78 is 0. The molecule has 0 aromatic heterocycles. The fourth-order valence-corrected chi connectivity index (χ4v) is 2.35. The van der Waals surface area contributed by atoms with Crippen LogP contribution in [0.3, 0.4) is 0 Å². The molecule has 0 aliphatic carbocycles. The van der Waals surface area contributed by atoms with Gasteiger partial charge in [0.05, 0.1) is 5.41 Å². The van der Waals surface area contributed by atoms with E-state index in [-0.39, 0.29) is 18.3 Å². The average Bonchev–Trinajstić information content (AvgIpc) is 2.43. The molecule has 0 aliphatic heterocycles. The molecule has 0 saturated heterocycles. The van der Waals surface area contributed by atoms with Crippen molar-refractivity contribution in [2.75, 3.05) is 11.9 Å². The zero-order valence-electron chi connectivity index (χ0n) is 13.0. The number of halogens is 1. The summed E-state index contributed by atoms with van der Waals surface area (Å²) in [7, 11) is 0. The van der Waals surface area contributed by atoms with Gasteiger partial charge in [0.2, 0.25) is 5.91 Å². The predicted octanol–water partition coefficient (Wildman–Crippen LogP) is 3.68. The van der Waals surface area contributed by atoms with Crippen molar-refractivity contribution in [3.8, 4) is 0 Å². The Morgan fingerprint density at radius 2 is 1.85 bits per heavy atom. The number of anilines is 1. The summed E-state index contributed by atoms with van der Waals surface area (Å²) in [5.74, 6) is 0.0332. The SMILES string of the molecule is CCc1cc(NC(=O)C(CC)(CC)CN)ccc1C.Cl. The highest BCUT2D eigenvalue weighted by molar-refractivity contribution is 5.95. The van der Waals surface area contributed by atoms with E-state index in [9.17, 15) is 4.79 Å². The summed E-state index contributed by atoms with van der Waals surface area (Å²) in [6, 6.07) is 6.06. The molecule has 1 rings (SSSR count). The van der Waals surface area contributed by atoms with Crippen LogP contribution in [0.25, 0.3) is 0 Å². The first-order valence-electron chi connectivity index (χ1n) is 7.14. The molecule has 0 atom stereocenters. The van der Waals surface area contributed by atoms with Gasteiger partial charge in [-0.25, -0.2) is 0 Å². The second-order valence-corrected chi connectivity index (χ2v) is 5.14. The van der Waals surface area contributed by atoms with E-state index in [0.717, 1.165) is 24.9 Å². The van der Waals surface area contributed by atoms with Crippen molar-refractivity contribution in [3.63, 3.8) is 0 Å². The van der Waals surface area contributed by atoms with Crippen LogP contribution in [-0.4, -0.2) is 12.5 Å². The molecule has 0 aliphatic rings. The maximum Gasteiger partial charge on any atom is 0.231 e. The third kappa shape index (κ3) is 3.97. The van der Waals surface area contributed by atoms with Crippen LogP contribution in [0.4, 0.5) is 5.69 Å². The normalized spacial score (nSPS) is 10.8. The highest BCUT2D eigenvalue weighted by Crippen LogP contribution is 2.27. The number of aryl methyl sites for hydroxylation is 2. The van der Waals surface area contributed by atoms with Gasteiger partial charge in [-0.1, -0.05) is 26.8 Å². The third-order valence-corrected chi connectivity index (χ3v) is 4.21. The first-order valence-corrected chi connectivity index (χ1v) is 7.14. The lowest BCUT2D eigenvalue weighted by atomic mass is 9.81. The molecule has 114 valence electrons. The minimum atomic E-state index is -0.447. The number of nitrogens with two attached hydrogens (primary N) is 1. The number of carbonyl (C=O) groups is 1. The number of benzene rings is 1. The van der Waals surface area contributed by atoms with E-state index in [1.54, 1.807) is 0 Å². The maximum atomic E-state index is 12.4. The maximum absolute atomic E-state index is 12.4. The Hall–Kier alpha value is -1.06. The summed E-state index contributed by atoms with van der Waals surface area (Å²) in [5, 5.41) is 3.02. The lowest BCUT2D eigenvalue weighted by Crippen LogP contribution is -2.41. The summed E-state index contributed by atoms with van der Waals surface area (Å²) in [6.07, 6.45) is 2.50. The van der Waals surface area contributed by atoms with E-state index in [1.807, 2.05) is 19.9 Å². The lowest BCUT2D eigenvalue weighted by Gasteiger charge is -2.28. The largest absolute Gasteiger partial charge is 0.329 e.